The number of aromatic nitrogens is 2. The summed E-state index contributed by atoms with van der Waals surface area (Å²) >= 11 is 5.84. The lowest BCUT2D eigenvalue weighted by Gasteiger charge is -2.27. The van der Waals surface area contributed by atoms with E-state index in [-0.39, 0.29) is 10.6 Å². The van der Waals surface area contributed by atoms with E-state index in [0.29, 0.717) is 30.4 Å². The third kappa shape index (κ3) is 2.21. The maximum atomic E-state index is 11.2. The van der Waals surface area contributed by atoms with Gasteiger partial charge in [-0.1, -0.05) is 11.6 Å². The van der Waals surface area contributed by atoms with Gasteiger partial charge in [0.2, 0.25) is 0 Å². The molecule has 1 saturated heterocycles. The maximum absolute atomic E-state index is 11.2. The summed E-state index contributed by atoms with van der Waals surface area (Å²) in [4.78, 5) is 19.6. The second-order valence-corrected chi connectivity index (χ2v) is 5.28. The van der Waals surface area contributed by atoms with Crippen LogP contribution in [0.1, 0.15) is 0 Å². The molecule has 0 saturated carbocycles. The van der Waals surface area contributed by atoms with E-state index in [2.05, 4.69) is 9.97 Å². The monoisotopic (exact) mass is 247 g/mol. The smallest absolute Gasteiger partial charge is 0.271 e. The molecular formula is C8H10ClN3O2S. The molecule has 0 amide bonds. The Morgan fingerprint density at radius 3 is 2.80 bits per heavy atom. The fourth-order valence-electron chi connectivity index (χ4n) is 1.44. The number of rotatable bonds is 1. The van der Waals surface area contributed by atoms with Gasteiger partial charge in [-0.25, -0.2) is 4.98 Å². The van der Waals surface area contributed by atoms with E-state index in [4.69, 9.17) is 11.6 Å². The molecule has 0 spiro atoms. The van der Waals surface area contributed by atoms with Crippen LogP contribution in [0.25, 0.3) is 0 Å². The minimum atomic E-state index is -0.745. The molecule has 1 aliphatic heterocycles. The number of hydrogen-bond acceptors (Lipinski definition) is 4. The van der Waals surface area contributed by atoms with Crippen molar-refractivity contribution < 1.29 is 4.21 Å². The molecule has 0 atom stereocenters. The van der Waals surface area contributed by atoms with Crippen LogP contribution < -0.4 is 10.5 Å². The van der Waals surface area contributed by atoms with E-state index >= 15 is 0 Å². The molecule has 2 heterocycles. The number of halogens is 1. The molecule has 5 nitrogen and oxygen atoms in total. The number of nitrogens with one attached hydrogen (secondary N) is 1. The van der Waals surface area contributed by atoms with Crippen LogP contribution >= 0.6 is 11.6 Å². The topological polar surface area (TPSA) is 66.1 Å². The zero-order chi connectivity index (χ0) is 10.8. The molecule has 1 aromatic rings. The van der Waals surface area contributed by atoms with E-state index in [1.807, 2.05) is 4.90 Å². The highest BCUT2D eigenvalue weighted by Gasteiger charge is 2.19. The molecule has 0 aromatic carbocycles. The van der Waals surface area contributed by atoms with E-state index in [1.54, 1.807) is 0 Å². The molecule has 15 heavy (non-hydrogen) atoms. The highest BCUT2D eigenvalue weighted by atomic mass is 35.5. The molecule has 0 aliphatic carbocycles. The van der Waals surface area contributed by atoms with Crippen molar-refractivity contribution in [1.82, 2.24) is 9.97 Å². The van der Waals surface area contributed by atoms with E-state index in [1.165, 1.54) is 6.33 Å². The summed E-state index contributed by atoms with van der Waals surface area (Å²) in [7, 11) is -0.745. The predicted molar refractivity (Wildman–Crippen MR) is 60.0 cm³/mol. The number of hydrogen-bond donors (Lipinski definition) is 1. The first kappa shape index (κ1) is 10.6. The number of aromatic amines is 1. The lowest BCUT2D eigenvalue weighted by molar-refractivity contribution is 0.672. The minimum Gasteiger partial charge on any atom is -0.353 e. The predicted octanol–water partition coefficient (Wildman–Crippen LogP) is -0.00800. The first-order valence-corrected chi connectivity index (χ1v) is 6.38. The van der Waals surface area contributed by atoms with Gasteiger partial charge in [0, 0.05) is 35.4 Å². The van der Waals surface area contributed by atoms with Crippen molar-refractivity contribution in [1.29, 1.82) is 0 Å². The number of H-pyrrole nitrogens is 1. The van der Waals surface area contributed by atoms with Crippen molar-refractivity contribution in [2.45, 2.75) is 0 Å². The third-order valence-electron chi connectivity index (χ3n) is 2.26. The third-order valence-corrected chi connectivity index (χ3v) is 3.87. The summed E-state index contributed by atoms with van der Waals surface area (Å²) in [6.45, 7) is 1.26. The molecular weight excluding hydrogens is 238 g/mol. The molecule has 0 unspecified atom stereocenters. The van der Waals surface area contributed by atoms with Crippen LogP contribution in [0.15, 0.2) is 11.1 Å². The SMILES string of the molecule is O=c1[nH]cnc(N2CCS(=O)CC2)c1Cl. The first-order chi connectivity index (χ1) is 7.18. The highest BCUT2D eigenvalue weighted by molar-refractivity contribution is 7.85. The molecule has 82 valence electrons. The van der Waals surface area contributed by atoms with Crippen LogP contribution in [-0.2, 0) is 10.8 Å². The van der Waals surface area contributed by atoms with Gasteiger partial charge in [0.15, 0.2) is 5.82 Å². The van der Waals surface area contributed by atoms with E-state index in [0.717, 1.165) is 0 Å². The van der Waals surface area contributed by atoms with Gasteiger partial charge >= 0.3 is 0 Å². The Balaban J connectivity index is 2.26. The molecule has 0 bridgehead atoms. The molecule has 1 N–H and O–H groups in total. The van der Waals surface area contributed by atoms with Crippen molar-refractivity contribution in [3.05, 3.63) is 21.7 Å². The molecule has 1 aliphatic rings. The fourth-order valence-corrected chi connectivity index (χ4v) is 2.72. The van der Waals surface area contributed by atoms with Gasteiger partial charge in [-0.15, -0.1) is 0 Å². The van der Waals surface area contributed by atoms with Gasteiger partial charge in [-0.3, -0.25) is 9.00 Å². The van der Waals surface area contributed by atoms with Crippen LogP contribution in [0.5, 0.6) is 0 Å². The Morgan fingerprint density at radius 2 is 2.13 bits per heavy atom. The summed E-state index contributed by atoms with van der Waals surface area (Å²) in [6.07, 6.45) is 1.33. The lowest BCUT2D eigenvalue weighted by atomic mass is 10.4. The van der Waals surface area contributed by atoms with Gasteiger partial charge in [-0.05, 0) is 0 Å². The molecule has 7 heteroatoms. The Morgan fingerprint density at radius 1 is 1.47 bits per heavy atom. The maximum Gasteiger partial charge on any atom is 0.271 e. The molecule has 0 radical (unpaired) electrons. The van der Waals surface area contributed by atoms with Crippen LogP contribution in [0, 0.1) is 0 Å². The fraction of sp³-hybridized carbons (Fsp3) is 0.500. The molecule has 1 fully saturated rings. The lowest BCUT2D eigenvalue weighted by Crippen LogP contribution is -2.39. The Kier molecular flexibility index (Phi) is 3.06. The van der Waals surface area contributed by atoms with E-state index < -0.39 is 10.8 Å². The highest BCUT2D eigenvalue weighted by Crippen LogP contribution is 2.19. The second kappa shape index (κ2) is 4.32. The van der Waals surface area contributed by atoms with Crippen molar-refractivity contribution in [2.24, 2.45) is 0 Å². The second-order valence-electron chi connectivity index (χ2n) is 3.20. The summed E-state index contributed by atoms with van der Waals surface area (Å²) in [5, 5.41) is 0.102. The van der Waals surface area contributed by atoms with Gasteiger partial charge in [0.05, 0.1) is 6.33 Å². The van der Waals surface area contributed by atoms with E-state index in [9.17, 15) is 9.00 Å². The van der Waals surface area contributed by atoms with Gasteiger partial charge in [0.1, 0.15) is 5.02 Å². The number of nitrogens with zero attached hydrogens (tertiary/aromatic N) is 2. The normalized spacial score (nSPS) is 18.1. The van der Waals surface area contributed by atoms with Crippen LogP contribution in [0.4, 0.5) is 5.82 Å². The zero-order valence-corrected chi connectivity index (χ0v) is 9.48. The van der Waals surface area contributed by atoms with Crippen LogP contribution in [0.2, 0.25) is 5.02 Å². The summed E-state index contributed by atoms with van der Waals surface area (Å²) < 4.78 is 11.2. The molecule has 1 aromatic heterocycles. The average molecular weight is 248 g/mol. The van der Waals surface area contributed by atoms with Crippen LogP contribution in [-0.4, -0.2) is 38.8 Å². The van der Waals surface area contributed by atoms with Crippen molar-refractivity contribution >= 4 is 28.2 Å². The Labute approximate surface area is 93.9 Å². The van der Waals surface area contributed by atoms with Gasteiger partial charge in [-0.2, -0.15) is 0 Å². The summed E-state index contributed by atoms with van der Waals surface area (Å²) in [5.74, 6) is 1.69. The summed E-state index contributed by atoms with van der Waals surface area (Å²) in [6, 6.07) is 0. The minimum absolute atomic E-state index is 0.102. The Hall–Kier alpha value is -0.880. The largest absolute Gasteiger partial charge is 0.353 e. The zero-order valence-electron chi connectivity index (χ0n) is 7.90. The van der Waals surface area contributed by atoms with Crippen LogP contribution in [0.3, 0.4) is 0 Å². The summed E-state index contributed by atoms with van der Waals surface area (Å²) in [5.41, 5.74) is -0.339. The first-order valence-electron chi connectivity index (χ1n) is 4.51. The quantitative estimate of drug-likeness (QED) is 0.758. The van der Waals surface area contributed by atoms with Crippen molar-refractivity contribution in [3.8, 4) is 0 Å². The average Bonchev–Trinajstić information content (AvgIpc) is 2.24. The van der Waals surface area contributed by atoms with Crippen molar-refractivity contribution in [3.63, 3.8) is 0 Å². The van der Waals surface area contributed by atoms with Gasteiger partial charge < -0.3 is 9.88 Å². The van der Waals surface area contributed by atoms with Gasteiger partial charge in [0.25, 0.3) is 5.56 Å². The standard InChI is InChI=1S/C8H10ClN3O2S/c9-6-7(10-5-11-8(6)13)12-1-3-15(14)4-2-12/h5H,1-4H2,(H,10,11,13). The Bertz CT molecular complexity index is 438. The van der Waals surface area contributed by atoms with Crippen molar-refractivity contribution in [2.75, 3.05) is 29.5 Å². The molecule has 2 rings (SSSR count). The number of anilines is 1.